The molecule has 1 unspecified atom stereocenters. The van der Waals surface area contributed by atoms with Crippen molar-refractivity contribution in [3.8, 4) is 23.2 Å². The molecule has 2 aromatic heterocycles. The van der Waals surface area contributed by atoms with Crippen LogP contribution in [-0.4, -0.2) is 31.5 Å². The number of para-hydroxylation sites is 1. The molecule has 2 heterocycles. The Labute approximate surface area is 185 Å². The first-order valence-corrected chi connectivity index (χ1v) is 10.1. The molecule has 4 aromatic rings. The van der Waals surface area contributed by atoms with Crippen LogP contribution < -0.4 is 14.8 Å². The molecule has 162 valence electrons. The molecule has 8 heteroatoms. The number of hydrogen-bond donors (Lipinski definition) is 1. The molecule has 0 bridgehead atoms. The van der Waals surface area contributed by atoms with Crippen LogP contribution >= 0.6 is 0 Å². The highest BCUT2D eigenvalue weighted by atomic mass is 16.5. The summed E-state index contributed by atoms with van der Waals surface area (Å²) in [4.78, 5) is 25.4. The maximum absolute atomic E-state index is 12.4. The van der Waals surface area contributed by atoms with E-state index in [1.807, 2.05) is 48.0 Å². The van der Waals surface area contributed by atoms with Crippen molar-refractivity contribution in [2.75, 3.05) is 5.32 Å². The Morgan fingerprint density at radius 2 is 1.75 bits per heavy atom. The van der Waals surface area contributed by atoms with Crippen LogP contribution in [0.15, 0.2) is 73.1 Å². The van der Waals surface area contributed by atoms with Crippen LogP contribution in [0.25, 0.3) is 5.82 Å². The van der Waals surface area contributed by atoms with Gasteiger partial charge in [-0.3, -0.25) is 9.36 Å². The average molecular weight is 429 g/mol. The summed E-state index contributed by atoms with van der Waals surface area (Å²) < 4.78 is 13.4. The molecule has 0 saturated heterocycles. The first-order valence-electron chi connectivity index (χ1n) is 10.1. The number of aromatic nitrogens is 4. The van der Waals surface area contributed by atoms with Gasteiger partial charge in [0.15, 0.2) is 6.10 Å². The number of hydrogen-bond acceptors (Lipinski definition) is 6. The Morgan fingerprint density at radius 3 is 2.44 bits per heavy atom. The van der Waals surface area contributed by atoms with Gasteiger partial charge in [-0.15, -0.1) is 0 Å². The van der Waals surface area contributed by atoms with Crippen LogP contribution in [0.4, 0.5) is 5.69 Å². The highest BCUT2D eigenvalue weighted by molar-refractivity contribution is 5.94. The summed E-state index contributed by atoms with van der Waals surface area (Å²) >= 11 is 0. The van der Waals surface area contributed by atoms with E-state index in [0.717, 1.165) is 5.82 Å². The van der Waals surface area contributed by atoms with Gasteiger partial charge >= 0.3 is 0 Å². The van der Waals surface area contributed by atoms with Crippen molar-refractivity contribution in [2.24, 2.45) is 0 Å². The number of carbonyl (C=O) groups excluding carboxylic acids is 1. The van der Waals surface area contributed by atoms with Gasteiger partial charge in [-0.1, -0.05) is 18.2 Å². The SMILES string of the molecule is Cc1nc(Oc2ccc(NC(=O)C(C)Oc3ccccc3)cc2)cc(-n2ccnc2C)n1. The van der Waals surface area contributed by atoms with Crippen molar-refractivity contribution >= 4 is 11.6 Å². The normalized spacial score (nSPS) is 11.6. The molecular formula is C24H23N5O3. The quantitative estimate of drug-likeness (QED) is 0.466. The summed E-state index contributed by atoms with van der Waals surface area (Å²) in [7, 11) is 0. The average Bonchev–Trinajstić information content (AvgIpc) is 3.21. The largest absolute Gasteiger partial charge is 0.481 e. The highest BCUT2D eigenvalue weighted by Gasteiger charge is 2.15. The van der Waals surface area contributed by atoms with Gasteiger partial charge in [0.2, 0.25) is 5.88 Å². The lowest BCUT2D eigenvalue weighted by molar-refractivity contribution is -0.122. The Bertz CT molecular complexity index is 1210. The Hall–Kier alpha value is -4.20. The van der Waals surface area contributed by atoms with Crippen molar-refractivity contribution in [2.45, 2.75) is 26.9 Å². The molecular weight excluding hydrogens is 406 g/mol. The zero-order valence-electron chi connectivity index (χ0n) is 18.0. The maximum atomic E-state index is 12.4. The second-order valence-corrected chi connectivity index (χ2v) is 7.14. The third kappa shape index (κ3) is 5.10. The minimum absolute atomic E-state index is 0.241. The first-order chi connectivity index (χ1) is 15.5. The standard InChI is InChI=1S/C24H23N5O3/c1-16(31-20-7-5-4-6-8-20)24(30)28-19-9-11-21(12-10-19)32-23-15-22(26-17(2)27-23)29-14-13-25-18(29)3/h4-16H,1-3H3,(H,28,30). The van der Waals surface area contributed by atoms with E-state index in [4.69, 9.17) is 9.47 Å². The van der Waals surface area contributed by atoms with Crippen LogP contribution in [0.3, 0.4) is 0 Å². The van der Waals surface area contributed by atoms with Gasteiger partial charge in [0.25, 0.3) is 5.91 Å². The first kappa shape index (κ1) is 21.0. The van der Waals surface area contributed by atoms with Crippen LogP contribution in [0.1, 0.15) is 18.6 Å². The molecule has 4 rings (SSSR count). The van der Waals surface area contributed by atoms with E-state index in [1.165, 1.54) is 0 Å². The Morgan fingerprint density at radius 1 is 1.00 bits per heavy atom. The lowest BCUT2D eigenvalue weighted by Crippen LogP contribution is -2.30. The summed E-state index contributed by atoms with van der Waals surface area (Å²) in [6.07, 6.45) is 2.91. The molecule has 8 nitrogen and oxygen atoms in total. The van der Waals surface area contributed by atoms with Crippen LogP contribution in [0.5, 0.6) is 17.4 Å². The molecule has 0 saturated carbocycles. The van der Waals surface area contributed by atoms with E-state index in [2.05, 4.69) is 20.3 Å². The summed E-state index contributed by atoms with van der Waals surface area (Å²) in [6.45, 7) is 5.41. The lowest BCUT2D eigenvalue weighted by Gasteiger charge is -2.15. The maximum Gasteiger partial charge on any atom is 0.265 e. The van der Waals surface area contributed by atoms with Crippen molar-refractivity contribution < 1.29 is 14.3 Å². The van der Waals surface area contributed by atoms with E-state index < -0.39 is 6.10 Å². The van der Waals surface area contributed by atoms with Crippen molar-refractivity contribution in [1.29, 1.82) is 0 Å². The second-order valence-electron chi connectivity index (χ2n) is 7.14. The van der Waals surface area contributed by atoms with Crippen molar-refractivity contribution in [3.63, 3.8) is 0 Å². The van der Waals surface area contributed by atoms with Crippen LogP contribution in [-0.2, 0) is 4.79 Å². The van der Waals surface area contributed by atoms with Crippen LogP contribution in [0, 0.1) is 13.8 Å². The molecule has 0 spiro atoms. The predicted molar refractivity (Wildman–Crippen MR) is 120 cm³/mol. The highest BCUT2D eigenvalue weighted by Crippen LogP contribution is 2.23. The fourth-order valence-corrected chi connectivity index (χ4v) is 3.05. The van der Waals surface area contributed by atoms with Gasteiger partial charge in [-0.25, -0.2) is 9.97 Å². The molecule has 1 amide bonds. The molecule has 1 N–H and O–H groups in total. The third-order valence-electron chi connectivity index (χ3n) is 4.64. The predicted octanol–water partition coefficient (Wildman–Crippen LogP) is 4.48. The molecule has 32 heavy (non-hydrogen) atoms. The lowest BCUT2D eigenvalue weighted by atomic mass is 10.2. The zero-order chi connectivity index (χ0) is 22.5. The van der Waals surface area contributed by atoms with E-state index >= 15 is 0 Å². The summed E-state index contributed by atoms with van der Waals surface area (Å²) in [6, 6.07) is 18.0. The molecule has 0 aliphatic heterocycles. The van der Waals surface area contributed by atoms with Crippen molar-refractivity contribution in [1.82, 2.24) is 19.5 Å². The topological polar surface area (TPSA) is 91.2 Å². The van der Waals surface area contributed by atoms with E-state index in [9.17, 15) is 4.79 Å². The molecule has 0 aliphatic carbocycles. The molecule has 0 fully saturated rings. The summed E-state index contributed by atoms with van der Waals surface area (Å²) in [5, 5.41) is 2.84. The summed E-state index contributed by atoms with van der Waals surface area (Å²) in [5.74, 6) is 3.49. The Kier molecular flexibility index (Phi) is 6.12. The fourth-order valence-electron chi connectivity index (χ4n) is 3.05. The van der Waals surface area contributed by atoms with Gasteiger partial charge < -0.3 is 14.8 Å². The number of benzene rings is 2. The van der Waals surface area contributed by atoms with Crippen molar-refractivity contribution in [3.05, 3.63) is 84.7 Å². The van der Waals surface area contributed by atoms with E-state index in [-0.39, 0.29) is 5.91 Å². The van der Waals surface area contributed by atoms with Gasteiger partial charge in [0.05, 0.1) is 0 Å². The molecule has 1 atom stereocenters. The number of anilines is 1. The molecule has 0 aliphatic rings. The Balaban J connectivity index is 1.40. The molecule has 0 radical (unpaired) electrons. The second kappa shape index (κ2) is 9.30. The minimum Gasteiger partial charge on any atom is -0.481 e. The van der Waals surface area contributed by atoms with E-state index in [0.29, 0.717) is 34.7 Å². The van der Waals surface area contributed by atoms with E-state index in [1.54, 1.807) is 50.4 Å². The van der Waals surface area contributed by atoms with Crippen LogP contribution in [0.2, 0.25) is 0 Å². The van der Waals surface area contributed by atoms with Gasteiger partial charge in [-0.05, 0) is 57.2 Å². The zero-order valence-corrected chi connectivity index (χ0v) is 18.0. The number of imidazole rings is 1. The fraction of sp³-hybridized carbons (Fsp3) is 0.167. The van der Waals surface area contributed by atoms with Gasteiger partial charge in [-0.2, -0.15) is 4.98 Å². The number of rotatable bonds is 7. The minimum atomic E-state index is -0.637. The summed E-state index contributed by atoms with van der Waals surface area (Å²) in [5.41, 5.74) is 0.638. The number of ether oxygens (including phenoxy) is 2. The van der Waals surface area contributed by atoms with Gasteiger partial charge in [0, 0.05) is 24.1 Å². The third-order valence-corrected chi connectivity index (χ3v) is 4.64. The smallest absolute Gasteiger partial charge is 0.265 e. The van der Waals surface area contributed by atoms with Gasteiger partial charge in [0.1, 0.15) is 29.0 Å². The number of nitrogens with zero attached hydrogens (tertiary/aromatic N) is 4. The molecule has 2 aromatic carbocycles. The monoisotopic (exact) mass is 429 g/mol. The number of carbonyl (C=O) groups is 1. The number of nitrogens with one attached hydrogen (secondary N) is 1. The number of aryl methyl sites for hydroxylation is 2. The number of amides is 1.